The second kappa shape index (κ2) is 4.74. The number of carbonyl (C=O) groups excluding carboxylic acids is 1. The van der Waals surface area contributed by atoms with Crippen molar-refractivity contribution >= 4 is 11.7 Å². The molecule has 0 radical (unpaired) electrons. The molecule has 0 aliphatic heterocycles. The van der Waals surface area contributed by atoms with Gasteiger partial charge >= 0.3 is 0 Å². The molecule has 4 nitrogen and oxygen atoms in total. The number of carbonyl (C=O) groups is 1. The fourth-order valence-corrected chi connectivity index (χ4v) is 0.811. The summed E-state index contributed by atoms with van der Waals surface area (Å²) in [6.07, 6.45) is 0.649. The maximum absolute atomic E-state index is 10.9. The molecule has 0 fully saturated rings. The summed E-state index contributed by atoms with van der Waals surface area (Å²) in [4.78, 5) is 14.9. The van der Waals surface area contributed by atoms with Crippen molar-refractivity contribution < 1.29 is 4.79 Å². The number of primary amides is 1. The van der Waals surface area contributed by atoms with Crippen molar-refractivity contribution in [2.45, 2.75) is 33.2 Å². The van der Waals surface area contributed by atoms with Gasteiger partial charge in [-0.15, -0.1) is 0 Å². The third-order valence-electron chi connectivity index (χ3n) is 1.59. The van der Waals surface area contributed by atoms with E-state index in [2.05, 4.69) is 4.99 Å². The summed E-state index contributed by atoms with van der Waals surface area (Å²) in [7, 11) is 0. The molecule has 0 aromatic carbocycles. The Bertz CT molecular complexity index is 187. The number of nitrogens with two attached hydrogens (primary N) is 2. The lowest BCUT2D eigenvalue weighted by Crippen LogP contribution is -2.33. The number of amides is 1. The van der Waals surface area contributed by atoms with Gasteiger partial charge in [-0.25, -0.2) is 0 Å². The van der Waals surface area contributed by atoms with Crippen LogP contribution in [0.5, 0.6) is 0 Å². The molecule has 0 aliphatic rings. The first-order valence-corrected chi connectivity index (χ1v) is 4.10. The largest absolute Gasteiger partial charge is 0.387 e. The second-order valence-electron chi connectivity index (χ2n) is 3.07. The predicted octanol–water partition coefficient (Wildman–Crippen LogP) is 0.263. The zero-order chi connectivity index (χ0) is 9.72. The Hall–Kier alpha value is -1.06. The van der Waals surface area contributed by atoms with Gasteiger partial charge in [0.2, 0.25) is 5.91 Å². The molecule has 0 heterocycles. The predicted molar refractivity (Wildman–Crippen MR) is 49.7 cm³/mol. The van der Waals surface area contributed by atoms with Gasteiger partial charge in [0, 0.05) is 6.42 Å². The van der Waals surface area contributed by atoms with E-state index in [1.807, 2.05) is 20.8 Å². The Balaban J connectivity index is 4.43. The van der Waals surface area contributed by atoms with Gasteiger partial charge in [-0.2, -0.15) is 0 Å². The molecule has 0 aromatic heterocycles. The Labute approximate surface area is 73.0 Å². The van der Waals surface area contributed by atoms with Gasteiger partial charge in [0.1, 0.15) is 6.04 Å². The SMILES string of the molecule is CCC(N)=NC(C(N)=O)C(C)C. The van der Waals surface area contributed by atoms with Crippen LogP contribution in [0.3, 0.4) is 0 Å². The van der Waals surface area contributed by atoms with Crippen LogP contribution in [0.1, 0.15) is 27.2 Å². The van der Waals surface area contributed by atoms with E-state index < -0.39 is 11.9 Å². The van der Waals surface area contributed by atoms with E-state index in [0.29, 0.717) is 12.3 Å². The Morgan fingerprint density at radius 2 is 1.92 bits per heavy atom. The summed E-state index contributed by atoms with van der Waals surface area (Å²) in [6.45, 7) is 5.67. The van der Waals surface area contributed by atoms with E-state index >= 15 is 0 Å². The van der Waals surface area contributed by atoms with Gasteiger partial charge in [0.15, 0.2) is 0 Å². The Morgan fingerprint density at radius 3 is 2.17 bits per heavy atom. The molecule has 0 bridgehead atoms. The Kier molecular flexibility index (Phi) is 4.33. The fraction of sp³-hybridized carbons (Fsp3) is 0.750. The second-order valence-corrected chi connectivity index (χ2v) is 3.07. The normalized spacial score (nSPS) is 14.8. The van der Waals surface area contributed by atoms with Crippen molar-refractivity contribution in [1.82, 2.24) is 0 Å². The highest BCUT2D eigenvalue weighted by Gasteiger charge is 2.17. The average molecular weight is 171 g/mol. The number of rotatable bonds is 4. The third-order valence-corrected chi connectivity index (χ3v) is 1.59. The van der Waals surface area contributed by atoms with E-state index in [1.165, 1.54) is 0 Å². The van der Waals surface area contributed by atoms with E-state index in [0.717, 1.165) is 0 Å². The first-order chi connectivity index (χ1) is 5.49. The number of hydrogen-bond donors (Lipinski definition) is 2. The van der Waals surface area contributed by atoms with Crippen LogP contribution < -0.4 is 11.5 Å². The Morgan fingerprint density at radius 1 is 1.42 bits per heavy atom. The first kappa shape index (κ1) is 10.9. The van der Waals surface area contributed by atoms with Gasteiger partial charge in [0.05, 0.1) is 5.84 Å². The molecule has 12 heavy (non-hydrogen) atoms. The molecule has 0 aromatic rings. The highest BCUT2D eigenvalue weighted by Crippen LogP contribution is 2.05. The molecule has 0 aliphatic carbocycles. The molecule has 1 amide bonds. The minimum atomic E-state index is -0.482. The smallest absolute Gasteiger partial charge is 0.242 e. The fourth-order valence-electron chi connectivity index (χ4n) is 0.811. The first-order valence-electron chi connectivity index (χ1n) is 4.10. The van der Waals surface area contributed by atoms with Crippen LogP contribution in [0.4, 0.5) is 0 Å². The monoisotopic (exact) mass is 171 g/mol. The molecular weight excluding hydrogens is 154 g/mol. The van der Waals surface area contributed by atoms with Crippen LogP contribution in [0.15, 0.2) is 4.99 Å². The van der Waals surface area contributed by atoms with Gasteiger partial charge in [-0.3, -0.25) is 9.79 Å². The van der Waals surface area contributed by atoms with Crippen molar-refractivity contribution in [3.8, 4) is 0 Å². The third kappa shape index (κ3) is 3.37. The van der Waals surface area contributed by atoms with E-state index in [-0.39, 0.29) is 5.92 Å². The van der Waals surface area contributed by atoms with Gasteiger partial charge in [-0.05, 0) is 5.92 Å². The van der Waals surface area contributed by atoms with Crippen LogP contribution in [0.25, 0.3) is 0 Å². The molecule has 0 saturated carbocycles. The van der Waals surface area contributed by atoms with Crippen LogP contribution in [-0.4, -0.2) is 17.8 Å². The van der Waals surface area contributed by atoms with Crippen LogP contribution >= 0.6 is 0 Å². The summed E-state index contributed by atoms with van der Waals surface area (Å²) < 4.78 is 0. The molecule has 0 rings (SSSR count). The minimum Gasteiger partial charge on any atom is -0.387 e. The average Bonchev–Trinajstić information content (AvgIpc) is 1.98. The molecule has 1 atom stereocenters. The lowest BCUT2D eigenvalue weighted by Gasteiger charge is -2.12. The van der Waals surface area contributed by atoms with Crippen molar-refractivity contribution in [2.24, 2.45) is 22.4 Å². The van der Waals surface area contributed by atoms with Crippen molar-refractivity contribution in [1.29, 1.82) is 0 Å². The standard InChI is InChI=1S/C8H17N3O/c1-4-6(9)11-7(5(2)3)8(10)12/h5,7H,4H2,1-3H3,(H2,9,11)(H2,10,12). The van der Waals surface area contributed by atoms with Gasteiger partial charge in [0.25, 0.3) is 0 Å². The van der Waals surface area contributed by atoms with E-state index in [4.69, 9.17) is 11.5 Å². The minimum absolute atomic E-state index is 0.104. The molecular formula is C8H17N3O. The number of nitrogens with zero attached hydrogens (tertiary/aromatic N) is 1. The number of amidine groups is 1. The summed E-state index contributed by atoms with van der Waals surface area (Å²) >= 11 is 0. The zero-order valence-electron chi connectivity index (χ0n) is 7.87. The highest BCUT2D eigenvalue weighted by molar-refractivity contribution is 5.86. The topological polar surface area (TPSA) is 81.5 Å². The summed E-state index contributed by atoms with van der Waals surface area (Å²) in [5.74, 6) is 0.168. The number of aliphatic imine (C=N–C) groups is 1. The number of hydrogen-bond acceptors (Lipinski definition) is 2. The summed E-state index contributed by atoms with van der Waals surface area (Å²) in [6, 6.07) is -0.482. The quantitative estimate of drug-likeness (QED) is 0.470. The van der Waals surface area contributed by atoms with Crippen LogP contribution in [0, 0.1) is 5.92 Å². The lowest BCUT2D eigenvalue weighted by atomic mass is 10.0. The van der Waals surface area contributed by atoms with Gasteiger partial charge < -0.3 is 11.5 Å². The van der Waals surface area contributed by atoms with Crippen molar-refractivity contribution in [2.75, 3.05) is 0 Å². The molecule has 1 unspecified atom stereocenters. The molecule has 0 saturated heterocycles. The molecule has 0 spiro atoms. The maximum Gasteiger partial charge on any atom is 0.242 e. The van der Waals surface area contributed by atoms with Crippen LogP contribution in [-0.2, 0) is 4.79 Å². The molecule has 4 N–H and O–H groups in total. The lowest BCUT2D eigenvalue weighted by molar-refractivity contribution is -0.120. The van der Waals surface area contributed by atoms with Gasteiger partial charge in [-0.1, -0.05) is 20.8 Å². The van der Waals surface area contributed by atoms with Crippen LogP contribution in [0.2, 0.25) is 0 Å². The van der Waals surface area contributed by atoms with Crippen molar-refractivity contribution in [3.05, 3.63) is 0 Å². The zero-order valence-corrected chi connectivity index (χ0v) is 7.87. The maximum atomic E-state index is 10.9. The molecule has 4 heteroatoms. The van der Waals surface area contributed by atoms with E-state index in [1.54, 1.807) is 0 Å². The summed E-state index contributed by atoms with van der Waals surface area (Å²) in [5.41, 5.74) is 10.6. The summed E-state index contributed by atoms with van der Waals surface area (Å²) in [5, 5.41) is 0. The highest BCUT2D eigenvalue weighted by atomic mass is 16.1. The van der Waals surface area contributed by atoms with E-state index in [9.17, 15) is 4.79 Å². The molecule has 70 valence electrons. The van der Waals surface area contributed by atoms with Crippen molar-refractivity contribution in [3.63, 3.8) is 0 Å².